The number of rotatable bonds is 7. The highest BCUT2D eigenvalue weighted by molar-refractivity contribution is 7.84. The van der Waals surface area contributed by atoms with Crippen LogP contribution in [0.3, 0.4) is 0 Å². The predicted octanol–water partition coefficient (Wildman–Crippen LogP) is 1.51. The molecule has 1 aromatic heterocycles. The van der Waals surface area contributed by atoms with Crippen LogP contribution in [0.1, 0.15) is 12.0 Å². The van der Waals surface area contributed by atoms with Crippen LogP contribution in [0, 0.1) is 10.1 Å². The summed E-state index contributed by atoms with van der Waals surface area (Å²) in [6.45, 7) is 1.41. The van der Waals surface area contributed by atoms with Gasteiger partial charge in [-0.2, -0.15) is 0 Å². The Morgan fingerprint density at radius 3 is 2.94 bits per heavy atom. The van der Waals surface area contributed by atoms with E-state index in [2.05, 4.69) is 5.32 Å². The van der Waals surface area contributed by atoms with Crippen LogP contribution in [0.5, 0.6) is 0 Å². The Kier molecular flexibility index (Phi) is 5.58. The minimum atomic E-state index is -0.743. The lowest BCUT2D eigenvalue weighted by atomic mass is 10.3. The van der Waals surface area contributed by atoms with E-state index < -0.39 is 10.8 Å². The van der Waals surface area contributed by atoms with Crippen molar-refractivity contribution in [3.8, 4) is 0 Å². The topological polar surface area (TPSA) is 72.2 Å². The molecule has 0 saturated carbocycles. The van der Waals surface area contributed by atoms with Gasteiger partial charge in [-0.25, -0.2) is 0 Å². The summed E-state index contributed by atoms with van der Waals surface area (Å²) < 4.78 is 10.8. The van der Waals surface area contributed by atoms with E-state index in [-0.39, 0.29) is 9.92 Å². The first kappa shape index (κ1) is 13.3. The van der Waals surface area contributed by atoms with E-state index in [1.165, 1.54) is 0 Å². The summed E-state index contributed by atoms with van der Waals surface area (Å²) in [5.74, 6) is 0.691. The van der Waals surface area contributed by atoms with Gasteiger partial charge in [-0.1, -0.05) is 11.3 Å². The molecule has 1 N–H and O–H groups in total. The molecule has 0 aromatic carbocycles. The van der Waals surface area contributed by atoms with Gasteiger partial charge in [0.25, 0.3) is 0 Å². The highest BCUT2D eigenvalue weighted by Gasteiger charge is 2.08. The number of hydrogen-bond donors (Lipinski definition) is 1. The molecule has 0 aliphatic heterocycles. The lowest BCUT2D eigenvalue weighted by Crippen LogP contribution is -2.16. The van der Waals surface area contributed by atoms with Gasteiger partial charge in [0, 0.05) is 40.8 Å². The van der Waals surface area contributed by atoms with E-state index in [0.29, 0.717) is 12.3 Å². The van der Waals surface area contributed by atoms with Crippen molar-refractivity contribution in [2.75, 3.05) is 18.6 Å². The van der Waals surface area contributed by atoms with Gasteiger partial charge in [0.15, 0.2) is 0 Å². The molecule has 0 aliphatic rings. The van der Waals surface area contributed by atoms with Crippen LogP contribution in [-0.2, 0) is 17.3 Å². The van der Waals surface area contributed by atoms with Gasteiger partial charge in [0.2, 0.25) is 0 Å². The van der Waals surface area contributed by atoms with Crippen LogP contribution in [0.4, 0.5) is 5.00 Å². The van der Waals surface area contributed by atoms with Gasteiger partial charge in [0.05, 0.1) is 4.92 Å². The largest absolute Gasteiger partial charge is 0.324 e. The maximum Gasteiger partial charge on any atom is 0.324 e. The minimum absolute atomic E-state index is 0.173. The fourth-order valence-corrected chi connectivity index (χ4v) is 2.46. The molecule has 1 rings (SSSR count). The van der Waals surface area contributed by atoms with Crippen molar-refractivity contribution in [2.45, 2.75) is 13.0 Å². The van der Waals surface area contributed by atoms with Crippen LogP contribution in [-0.4, -0.2) is 27.7 Å². The zero-order chi connectivity index (χ0) is 12.0. The molecule has 16 heavy (non-hydrogen) atoms. The van der Waals surface area contributed by atoms with Crippen LogP contribution in [0.25, 0.3) is 0 Å². The monoisotopic (exact) mass is 262 g/mol. The third kappa shape index (κ3) is 4.82. The minimum Gasteiger partial charge on any atom is -0.313 e. The second-order valence-electron chi connectivity index (χ2n) is 3.36. The second kappa shape index (κ2) is 6.72. The SMILES string of the molecule is CS(=O)CCCNCc1csc([N+](=O)[O-])c1. The highest BCUT2D eigenvalue weighted by Crippen LogP contribution is 2.22. The lowest BCUT2D eigenvalue weighted by Gasteiger charge is -2.01. The molecule has 0 spiro atoms. The van der Waals surface area contributed by atoms with E-state index in [0.717, 1.165) is 29.9 Å². The van der Waals surface area contributed by atoms with Crippen LogP contribution in [0.2, 0.25) is 0 Å². The summed E-state index contributed by atoms with van der Waals surface area (Å²) in [4.78, 5) is 10.0. The van der Waals surface area contributed by atoms with Crippen molar-refractivity contribution >= 4 is 27.1 Å². The van der Waals surface area contributed by atoms with Gasteiger partial charge < -0.3 is 5.32 Å². The van der Waals surface area contributed by atoms with Gasteiger partial charge in [-0.15, -0.1) is 0 Å². The lowest BCUT2D eigenvalue weighted by molar-refractivity contribution is -0.380. The molecule has 1 unspecified atom stereocenters. The van der Waals surface area contributed by atoms with Crippen molar-refractivity contribution in [2.24, 2.45) is 0 Å². The zero-order valence-corrected chi connectivity index (χ0v) is 10.6. The van der Waals surface area contributed by atoms with Gasteiger partial charge in [-0.3, -0.25) is 14.3 Å². The molecule has 1 atom stereocenters. The van der Waals surface area contributed by atoms with E-state index in [9.17, 15) is 14.3 Å². The van der Waals surface area contributed by atoms with Crippen molar-refractivity contribution in [1.82, 2.24) is 5.32 Å². The molecule has 5 nitrogen and oxygen atoms in total. The molecule has 0 radical (unpaired) electrons. The van der Waals surface area contributed by atoms with Gasteiger partial charge >= 0.3 is 5.00 Å². The Balaban J connectivity index is 2.21. The molecule has 0 amide bonds. The highest BCUT2D eigenvalue weighted by atomic mass is 32.2. The number of thiophene rings is 1. The standard InChI is InChI=1S/C9H14N2O3S2/c1-16(14)4-2-3-10-6-8-5-9(11(12)13)15-7-8/h5,7,10H,2-4,6H2,1H3. The molecule has 0 saturated heterocycles. The summed E-state index contributed by atoms with van der Waals surface area (Å²) in [5.41, 5.74) is 0.925. The van der Waals surface area contributed by atoms with Crippen LogP contribution >= 0.6 is 11.3 Å². The second-order valence-corrected chi connectivity index (χ2v) is 5.80. The third-order valence-corrected chi connectivity index (χ3v) is 3.73. The van der Waals surface area contributed by atoms with Crippen molar-refractivity contribution < 1.29 is 9.13 Å². The number of hydrogen-bond acceptors (Lipinski definition) is 5. The number of nitrogens with zero attached hydrogens (tertiary/aromatic N) is 1. The van der Waals surface area contributed by atoms with Gasteiger partial charge in [0.1, 0.15) is 0 Å². The van der Waals surface area contributed by atoms with Crippen LogP contribution in [0.15, 0.2) is 11.4 Å². The number of nitro groups is 1. The van der Waals surface area contributed by atoms with Gasteiger partial charge in [-0.05, 0) is 18.5 Å². The fourth-order valence-electron chi connectivity index (χ4n) is 1.18. The predicted molar refractivity (Wildman–Crippen MR) is 66.2 cm³/mol. The smallest absolute Gasteiger partial charge is 0.313 e. The fraction of sp³-hybridized carbons (Fsp3) is 0.556. The molecule has 7 heteroatoms. The summed E-state index contributed by atoms with van der Waals surface area (Å²) in [7, 11) is -0.743. The van der Waals surface area contributed by atoms with E-state index >= 15 is 0 Å². The van der Waals surface area contributed by atoms with Crippen molar-refractivity contribution in [1.29, 1.82) is 0 Å². The quantitative estimate of drug-likeness (QED) is 0.459. The Morgan fingerprint density at radius 1 is 1.62 bits per heavy atom. The molecule has 90 valence electrons. The molecule has 1 heterocycles. The maximum atomic E-state index is 10.8. The maximum absolute atomic E-state index is 10.8. The first-order chi connectivity index (χ1) is 7.59. The molecule has 0 fully saturated rings. The van der Waals surface area contributed by atoms with Crippen molar-refractivity contribution in [3.63, 3.8) is 0 Å². The summed E-state index contributed by atoms with van der Waals surface area (Å²) in [5, 5.41) is 15.5. The Morgan fingerprint density at radius 2 is 2.38 bits per heavy atom. The molecular formula is C9H14N2O3S2. The Hall–Kier alpha value is -0.790. The molecule has 0 bridgehead atoms. The molecule has 0 aliphatic carbocycles. The zero-order valence-electron chi connectivity index (χ0n) is 8.97. The van der Waals surface area contributed by atoms with E-state index in [1.807, 2.05) is 0 Å². The molecular weight excluding hydrogens is 248 g/mol. The normalized spacial score (nSPS) is 12.6. The van der Waals surface area contributed by atoms with Crippen molar-refractivity contribution in [3.05, 3.63) is 27.1 Å². The average molecular weight is 262 g/mol. The number of nitrogens with one attached hydrogen (secondary N) is 1. The van der Waals surface area contributed by atoms with Crippen LogP contribution < -0.4 is 5.32 Å². The Labute approximate surface area is 100 Å². The third-order valence-electron chi connectivity index (χ3n) is 1.93. The molecule has 1 aromatic rings. The first-order valence-corrected chi connectivity index (χ1v) is 7.43. The summed E-state index contributed by atoms with van der Waals surface area (Å²) in [6, 6.07) is 1.58. The van der Waals surface area contributed by atoms with E-state index in [1.54, 1.807) is 17.7 Å². The first-order valence-electron chi connectivity index (χ1n) is 4.82. The van der Waals surface area contributed by atoms with E-state index in [4.69, 9.17) is 0 Å². The average Bonchev–Trinajstić information content (AvgIpc) is 2.65. The Bertz CT molecular complexity index is 379. The summed E-state index contributed by atoms with van der Waals surface area (Å²) in [6.07, 6.45) is 2.54. The summed E-state index contributed by atoms with van der Waals surface area (Å²) >= 11 is 1.14.